The van der Waals surface area contributed by atoms with Gasteiger partial charge in [-0.1, -0.05) is 0 Å². The molecule has 0 atom stereocenters. The Morgan fingerprint density at radius 1 is 1.35 bits per heavy atom. The van der Waals surface area contributed by atoms with Gasteiger partial charge in [0.25, 0.3) is 0 Å². The zero-order valence-electron chi connectivity index (χ0n) is 10.7. The van der Waals surface area contributed by atoms with Crippen molar-refractivity contribution >= 4 is 15.8 Å². The van der Waals surface area contributed by atoms with Crippen LogP contribution in [-0.2, 0) is 14.6 Å². The van der Waals surface area contributed by atoms with Gasteiger partial charge in [-0.15, -0.1) is 0 Å². The number of carbonyl (C=O) groups is 1. The number of benzene rings is 1. The van der Waals surface area contributed by atoms with E-state index in [1.807, 2.05) is 6.07 Å². The molecule has 0 aromatic heterocycles. The Kier molecular flexibility index (Phi) is 4.06. The minimum atomic E-state index is -3.39. The molecule has 1 aromatic carbocycles. The summed E-state index contributed by atoms with van der Waals surface area (Å²) in [4.78, 5) is 12.6. The minimum Gasteiger partial charge on any atom is -0.481 e. The van der Waals surface area contributed by atoms with Gasteiger partial charge in [0, 0.05) is 19.6 Å². The molecule has 20 heavy (non-hydrogen) atoms. The summed E-state index contributed by atoms with van der Waals surface area (Å²) in [6, 6.07) is 7.71. The molecular weight excluding hydrogens is 280 g/mol. The van der Waals surface area contributed by atoms with E-state index in [4.69, 9.17) is 10.4 Å². The molecule has 0 spiro atoms. The fourth-order valence-corrected chi connectivity index (χ4v) is 3.30. The fraction of sp³-hybridized carbons (Fsp3) is 0.385. The maximum Gasteiger partial charge on any atom is 0.309 e. The van der Waals surface area contributed by atoms with Crippen molar-refractivity contribution in [3.05, 3.63) is 29.8 Å². The van der Waals surface area contributed by atoms with Crippen LogP contribution < -0.4 is 0 Å². The minimum absolute atomic E-state index is 0.0504. The summed E-state index contributed by atoms with van der Waals surface area (Å²) in [5.41, 5.74) is 0.413. The van der Waals surface area contributed by atoms with Crippen molar-refractivity contribution in [3.8, 4) is 6.07 Å². The number of aliphatic carboxylic acids is 1. The van der Waals surface area contributed by atoms with Crippen LogP contribution in [0, 0.1) is 17.2 Å². The predicted molar refractivity (Wildman–Crippen MR) is 70.8 cm³/mol. The quantitative estimate of drug-likeness (QED) is 0.841. The first-order valence-corrected chi connectivity index (χ1v) is 7.75. The van der Waals surface area contributed by atoms with Gasteiger partial charge in [0.2, 0.25) is 0 Å². The molecule has 1 heterocycles. The molecule has 7 heteroatoms. The van der Waals surface area contributed by atoms with Crippen LogP contribution in [0.4, 0.5) is 0 Å². The second-order valence-electron chi connectivity index (χ2n) is 4.75. The molecule has 1 aliphatic rings. The second kappa shape index (κ2) is 5.61. The number of hydrogen-bond donors (Lipinski definition) is 1. The largest absolute Gasteiger partial charge is 0.481 e. The van der Waals surface area contributed by atoms with Gasteiger partial charge < -0.3 is 10.0 Å². The van der Waals surface area contributed by atoms with Crippen molar-refractivity contribution in [2.75, 3.05) is 25.4 Å². The van der Waals surface area contributed by atoms with Crippen molar-refractivity contribution in [2.45, 2.75) is 4.90 Å². The van der Waals surface area contributed by atoms with Crippen LogP contribution in [0.15, 0.2) is 29.2 Å². The van der Waals surface area contributed by atoms with Crippen molar-refractivity contribution in [1.82, 2.24) is 4.90 Å². The molecule has 0 saturated carbocycles. The number of nitriles is 1. The zero-order valence-corrected chi connectivity index (χ0v) is 11.5. The Hall–Kier alpha value is -1.91. The fourth-order valence-electron chi connectivity index (χ4n) is 2.01. The molecule has 0 radical (unpaired) electrons. The van der Waals surface area contributed by atoms with E-state index in [1.165, 1.54) is 24.3 Å². The Morgan fingerprint density at radius 3 is 2.45 bits per heavy atom. The van der Waals surface area contributed by atoms with Gasteiger partial charge in [-0.05, 0) is 24.3 Å². The molecule has 6 nitrogen and oxygen atoms in total. The second-order valence-corrected chi connectivity index (χ2v) is 6.86. The van der Waals surface area contributed by atoms with E-state index in [9.17, 15) is 13.2 Å². The van der Waals surface area contributed by atoms with E-state index in [0.29, 0.717) is 25.2 Å². The summed E-state index contributed by atoms with van der Waals surface area (Å²) >= 11 is 0. The number of sulfone groups is 1. The maximum absolute atomic E-state index is 12.1. The summed E-state index contributed by atoms with van der Waals surface area (Å²) in [5.74, 6) is -1.27. The van der Waals surface area contributed by atoms with E-state index in [-0.39, 0.29) is 16.6 Å². The standard InChI is InChI=1S/C13H14N2O4S/c14-7-10-1-3-12(4-2-10)20(18,19)6-5-15-8-11(9-15)13(16)17/h1-4,11H,5-6,8-9H2,(H,16,17). The van der Waals surface area contributed by atoms with Crippen LogP contribution in [0.3, 0.4) is 0 Å². The summed E-state index contributed by atoms with van der Waals surface area (Å²) in [7, 11) is -3.39. The SMILES string of the molecule is N#Cc1ccc(S(=O)(=O)CCN2CC(C(=O)O)C2)cc1. The molecule has 1 fully saturated rings. The summed E-state index contributed by atoms with van der Waals surface area (Å²) < 4.78 is 24.1. The van der Waals surface area contributed by atoms with Crippen LogP contribution >= 0.6 is 0 Å². The van der Waals surface area contributed by atoms with Gasteiger partial charge in [-0.25, -0.2) is 8.42 Å². The molecule has 2 rings (SSSR count). The topological polar surface area (TPSA) is 98.5 Å². The first-order valence-electron chi connectivity index (χ1n) is 6.10. The van der Waals surface area contributed by atoms with Crippen LogP contribution in [0.1, 0.15) is 5.56 Å². The summed E-state index contributed by atoms with van der Waals surface area (Å²) in [5, 5.41) is 17.4. The molecule has 106 valence electrons. The average Bonchev–Trinajstić information content (AvgIpc) is 2.36. The first-order chi connectivity index (χ1) is 9.42. The molecule has 0 bridgehead atoms. The van der Waals surface area contributed by atoms with E-state index in [0.717, 1.165) is 0 Å². The Balaban J connectivity index is 1.91. The highest BCUT2D eigenvalue weighted by Crippen LogP contribution is 2.17. The lowest BCUT2D eigenvalue weighted by Gasteiger charge is -2.36. The molecule has 1 N–H and O–H groups in total. The number of nitrogens with zero attached hydrogens (tertiary/aromatic N) is 2. The third-order valence-electron chi connectivity index (χ3n) is 3.33. The molecule has 0 amide bonds. The highest BCUT2D eigenvalue weighted by molar-refractivity contribution is 7.91. The smallest absolute Gasteiger partial charge is 0.309 e. The number of carboxylic acids is 1. The van der Waals surface area contributed by atoms with Crippen LogP contribution in [0.25, 0.3) is 0 Å². The molecule has 1 aliphatic heterocycles. The van der Waals surface area contributed by atoms with E-state index in [1.54, 1.807) is 4.90 Å². The third-order valence-corrected chi connectivity index (χ3v) is 5.04. The van der Waals surface area contributed by atoms with E-state index in [2.05, 4.69) is 0 Å². The maximum atomic E-state index is 12.1. The predicted octanol–water partition coefficient (Wildman–Crippen LogP) is 0.348. The first kappa shape index (κ1) is 14.5. The zero-order chi connectivity index (χ0) is 14.8. The van der Waals surface area contributed by atoms with Crippen molar-refractivity contribution in [3.63, 3.8) is 0 Å². The molecule has 1 aromatic rings. The lowest BCUT2D eigenvalue weighted by molar-refractivity contribution is -0.147. The van der Waals surface area contributed by atoms with Gasteiger partial charge in [0.15, 0.2) is 9.84 Å². The Morgan fingerprint density at radius 2 is 1.95 bits per heavy atom. The lowest BCUT2D eigenvalue weighted by atomic mass is 10.0. The number of carboxylic acid groups (broad SMARTS) is 1. The van der Waals surface area contributed by atoms with Crippen molar-refractivity contribution in [2.24, 2.45) is 5.92 Å². The van der Waals surface area contributed by atoms with Crippen LogP contribution in [-0.4, -0.2) is 49.8 Å². The highest BCUT2D eigenvalue weighted by Gasteiger charge is 2.32. The molecule has 1 saturated heterocycles. The van der Waals surface area contributed by atoms with Gasteiger partial charge in [0.1, 0.15) is 0 Å². The number of rotatable bonds is 5. The van der Waals surface area contributed by atoms with Gasteiger partial charge >= 0.3 is 5.97 Å². The van der Waals surface area contributed by atoms with Gasteiger partial charge in [0.05, 0.1) is 28.2 Å². The Bertz CT molecular complexity index is 640. The monoisotopic (exact) mass is 294 g/mol. The average molecular weight is 294 g/mol. The summed E-state index contributed by atoms with van der Waals surface area (Å²) in [6.45, 7) is 1.13. The van der Waals surface area contributed by atoms with Crippen LogP contribution in [0.5, 0.6) is 0 Å². The summed E-state index contributed by atoms with van der Waals surface area (Å²) in [6.07, 6.45) is 0. The molecule has 0 aliphatic carbocycles. The highest BCUT2D eigenvalue weighted by atomic mass is 32.2. The van der Waals surface area contributed by atoms with Crippen LogP contribution in [0.2, 0.25) is 0 Å². The van der Waals surface area contributed by atoms with Gasteiger partial charge in [-0.2, -0.15) is 5.26 Å². The Labute approximate surface area is 117 Å². The molecular formula is C13H14N2O4S. The van der Waals surface area contributed by atoms with E-state index >= 15 is 0 Å². The normalized spacial score (nSPS) is 16.4. The van der Waals surface area contributed by atoms with Crippen molar-refractivity contribution in [1.29, 1.82) is 5.26 Å². The number of likely N-dealkylation sites (tertiary alicyclic amines) is 1. The van der Waals surface area contributed by atoms with E-state index < -0.39 is 15.8 Å². The third kappa shape index (κ3) is 3.15. The van der Waals surface area contributed by atoms with Crippen molar-refractivity contribution < 1.29 is 18.3 Å². The number of hydrogen-bond acceptors (Lipinski definition) is 5. The lowest BCUT2D eigenvalue weighted by Crippen LogP contribution is -2.51. The molecule has 0 unspecified atom stereocenters. The van der Waals surface area contributed by atoms with Gasteiger partial charge in [-0.3, -0.25) is 4.79 Å².